The number of carbonyl (C=O) groups is 1. The Labute approximate surface area is 165 Å². The van der Waals surface area contributed by atoms with Gasteiger partial charge in [0.05, 0.1) is 5.69 Å². The smallest absolute Gasteiger partial charge is 0.272 e. The fraction of sp³-hybridized carbons (Fsp3) is 0.524. The number of amides is 1. The minimum Gasteiger partial charge on any atom is -0.351 e. The van der Waals surface area contributed by atoms with Crippen molar-refractivity contribution in [1.29, 1.82) is 0 Å². The van der Waals surface area contributed by atoms with E-state index in [9.17, 15) is 4.79 Å². The van der Waals surface area contributed by atoms with Gasteiger partial charge in [0.25, 0.3) is 5.91 Å². The van der Waals surface area contributed by atoms with E-state index in [1.807, 2.05) is 17.8 Å². The highest BCUT2D eigenvalue weighted by Gasteiger charge is 2.27. The molecule has 2 aliphatic rings. The molecule has 0 bridgehead atoms. The Morgan fingerprint density at radius 2 is 2.22 bits per heavy atom. The van der Waals surface area contributed by atoms with Gasteiger partial charge in [0, 0.05) is 41.9 Å². The van der Waals surface area contributed by atoms with Crippen LogP contribution >= 0.6 is 11.8 Å². The van der Waals surface area contributed by atoms with E-state index in [-0.39, 0.29) is 5.91 Å². The number of carbonyl (C=O) groups excluding carboxylic acids is 1. The van der Waals surface area contributed by atoms with Crippen LogP contribution in [0.5, 0.6) is 0 Å². The highest BCUT2D eigenvalue weighted by molar-refractivity contribution is 7.98. The molecule has 1 amide bonds. The molecular formula is C21H28N4OS. The number of nitrogens with zero attached hydrogens (tertiary/aromatic N) is 3. The van der Waals surface area contributed by atoms with E-state index in [0.29, 0.717) is 12.2 Å². The predicted octanol–water partition coefficient (Wildman–Crippen LogP) is 3.54. The van der Waals surface area contributed by atoms with Crippen molar-refractivity contribution in [3.8, 4) is 11.3 Å². The molecule has 1 aromatic heterocycles. The first-order chi connectivity index (χ1) is 13.1. The molecular weight excluding hydrogens is 356 g/mol. The van der Waals surface area contributed by atoms with E-state index in [0.717, 1.165) is 35.9 Å². The highest BCUT2D eigenvalue weighted by atomic mass is 32.2. The molecule has 6 heteroatoms. The second-order valence-electron chi connectivity index (χ2n) is 7.74. The van der Waals surface area contributed by atoms with Gasteiger partial charge in [-0.25, -0.2) is 0 Å². The van der Waals surface area contributed by atoms with Gasteiger partial charge in [-0.2, -0.15) is 5.10 Å². The first kappa shape index (κ1) is 18.6. The van der Waals surface area contributed by atoms with Crippen molar-refractivity contribution < 1.29 is 4.79 Å². The molecule has 1 N–H and O–H groups in total. The SMILES string of the molecule is C[C@H]1CCCN(CCCNC(=O)c2nn(C)c3c2CSc2ccccc2-3)C1. The minimum atomic E-state index is -0.0427. The molecule has 5 nitrogen and oxygen atoms in total. The highest BCUT2D eigenvalue weighted by Crippen LogP contribution is 2.42. The number of thioether (sulfide) groups is 1. The third kappa shape index (κ3) is 3.92. The summed E-state index contributed by atoms with van der Waals surface area (Å²) in [5.41, 5.74) is 3.90. The van der Waals surface area contributed by atoms with Gasteiger partial charge >= 0.3 is 0 Å². The van der Waals surface area contributed by atoms with Crippen LogP contribution in [0.1, 0.15) is 42.2 Å². The maximum Gasteiger partial charge on any atom is 0.272 e. The lowest BCUT2D eigenvalue weighted by atomic mass is 10.0. The minimum absolute atomic E-state index is 0.0427. The summed E-state index contributed by atoms with van der Waals surface area (Å²) in [6.45, 7) is 6.49. The molecule has 0 spiro atoms. The molecule has 4 rings (SSSR count). The topological polar surface area (TPSA) is 50.2 Å². The van der Waals surface area contributed by atoms with Gasteiger partial charge in [-0.3, -0.25) is 9.48 Å². The molecule has 1 aromatic carbocycles. The summed E-state index contributed by atoms with van der Waals surface area (Å²) in [6.07, 6.45) is 3.64. The number of benzene rings is 1. The average molecular weight is 385 g/mol. The zero-order chi connectivity index (χ0) is 18.8. The van der Waals surface area contributed by atoms with Gasteiger partial charge in [0.2, 0.25) is 0 Å². The monoisotopic (exact) mass is 384 g/mol. The van der Waals surface area contributed by atoms with Gasteiger partial charge in [0.15, 0.2) is 5.69 Å². The fourth-order valence-corrected chi connectivity index (χ4v) is 5.31. The number of rotatable bonds is 5. The molecule has 27 heavy (non-hydrogen) atoms. The Balaban J connectivity index is 1.38. The molecule has 1 saturated heterocycles. The molecule has 0 aliphatic carbocycles. The summed E-state index contributed by atoms with van der Waals surface area (Å²) in [6, 6.07) is 8.35. The van der Waals surface area contributed by atoms with Crippen molar-refractivity contribution in [2.75, 3.05) is 26.2 Å². The standard InChI is InChI=1S/C21H28N4OS/c1-15-7-5-11-25(13-15)12-6-10-22-21(26)19-17-14-27-18-9-4-3-8-16(18)20(17)24(2)23-19/h3-4,8-9,15H,5-7,10-14H2,1-2H3,(H,22,26)/t15-/m0/s1. The number of hydrogen-bond donors (Lipinski definition) is 1. The third-order valence-corrected chi connectivity index (χ3v) is 6.65. The third-order valence-electron chi connectivity index (χ3n) is 5.55. The molecule has 0 radical (unpaired) electrons. The number of likely N-dealkylation sites (tertiary alicyclic amines) is 1. The Bertz CT molecular complexity index is 832. The molecule has 2 aromatic rings. The summed E-state index contributed by atoms with van der Waals surface area (Å²) in [4.78, 5) is 16.5. The summed E-state index contributed by atoms with van der Waals surface area (Å²) in [5.74, 6) is 1.56. The van der Waals surface area contributed by atoms with Crippen LogP contribution in [0.15, 0.2) is 29.2 Å². The Morgan fingerprint density at radius 1 is 1.37 bits per heavy atom. The van der Waals surface area contributed by atoms with Gasteiger partial charge in [-0.05, 0) is 44.3 Å². The molecule has 0 unspecified atom stereocenters. The lowest BCUT2D eigenvalue weighted by molar-refractivity contribution is 0.0943. The summed E-state index contributed by atoms with van der Waals surface area (Å²) in [7, 11) is 1.93. The molecule has 144 valence electrons. The van der Waals surface area contributed by atoms with Crippen LogP contribution in [-0.4, -0.2) is 46.8 Å². The number of nitrogens with one attached hydrogen (secondary N) is 1. The van der Waals surface area contributed by atoms with E-state index < -0.39 is 0 Å². The van der Waals surface area contributed by atoms with Gasteiger partial charge < -0.3 is 10.2 Å². The lowest BCUT2D eigenvalue weighted by Gasteiger charge is -2.30. The largest absolute Gasteiger partial charge is 0.351 e. The van der Waals surface area contributed by atoms with E-state index in [1.54, 1.807) is 11.8 Å². The van der Waals surface area contributed by atoms with Crippen LogP contribution in [0.3, 0.4) is 0 Å². The zero-order valence-corrected chi connectivity index (χ0v) is 17.0. The van der Waals surface area contributed by atoms with Crippen molar-refractivity contribution >= 4 is 17.7 Å². The maximum atomic E-state index is 12.7. The van der Waals surface area contributed by atoms with Crippen molar-refractivity contribution in [2.45, 2.75) is 36.8 Å². The van der Waals surface area contributed by atoms with Crippen LogP contribution < -0.4 is 5.32 Å². The first-order valence-electron chi connectivity index (χ1n) is 9.92. The van der Waals surface area contributed by atoms with Crippen molar-refractivity contribution in [3.05, 3.63) is 35.5 Å². The fourth-order valence-electron chi connectivity index (χ4n) is 4.24. The zero-order valence-electron chi connectivity index (χ0n) is 16.2. The first-order valence-corrected chi connectivity index (χ1v) is 10.9. The van der Waals surface area contributed by atoms with E-state index >= 15 is 0 Å². The summed E-state index contributed by atoms with van der Waals surface area (Å²) < 4.78 is 1.86. The van der Waals surface area contributed by atoms with Crippen LogP contribution in [-0.2, 0) is 12.8 Å². The van der Waals surface area contributed by atoms with Crippen LogP contribution in [0.2, 0.25) is 0 Å². The van der Waals surface area contributed by atoms with Crippen molar-refractivity contribution in [2.24, 2.45) is 13.0 Å². The lowest BCUT2D eigenvalue weighted by Crippen LogP contribution is -2.36. The van der Waals surface area contributed by atoms with Crippen molar-refractivity contribution in [3.63, 3.8) is 0 Å². The van der Waals surface area contributed by atoms with Crippen LogP contribution in [0, 0.1) is 5.92 Å². The Morgan fingerprint density at radius 3 is 3.07 bits per heavy atom. The maximum absolute atomic E-state index is 12.7. The van der Waals surface area contributed by atoms with Crippen LogP contribution in [0.4, 0.5) is 0 Å². The van der Waals surface area contributed by atoms with Gasteiger partial charge in [-0.1, -0.05) is 25.1 Å². The van der Waals surface area contributed by atoms with E-state index in [2.05, 4.69) is 40.4 Å². The Kier molecular flexibility index (Phi) is 5.55. The predicted molar refractivity (Wildman–Crippen MR) is 110 cm³/mol. The van der Waals surface area contributed by atoms with Gasteiger partial charge in [-0.15, -0.1) is 11.8 Å². The molecule has 0 saturated carbocycles. The number of fused-ring (bicyclic) bond motifs is 3. The second-order valence-corrected chi connectivity index (χ2v) is 8.76. The second kappa shape index (κ2) is 8.07. The normalized spacial score (nSPS) is 19.4. The summed E-state index contributed by atoms with van der Waals surface area (Å²) in [5, 5.41) is 7.64. The van der Waals surface area contributed by atoms with Gasteiger partial charge in [0.1, 0.15) is 0 Å². The molecule has 2 aliphatic heterocycles. The quantitative estimate of drug-likeness (QED) is 0.801. The van der Waals surface area contributed by atoms with E-state index in [1.165, 1.54) is 36.4 Å². The Hall–Kier alpha value is -1.79. The molecule has 3 heterocycles. The number of piperidine rings is 1. The number of aromatic nitrogens is 2. The molecule has 1 atom stereocenters. The van der Waals surface area contributed by atoms with E-state index in [4.69, 9.17) is 0 Å². The average Bonchev–Trinajstić information content (AvgIpc) is 3.02. The van der Waals surface area contributed by atoms with Crippen LogP contribution in [0.25, 0.3) is 11.3 Å². The molecule has 1 fully saturated rings. The number of aryl methyl sites for hydroxylation is 1. The number of hydrogen-bond acceptors (Lipinski definition) is 4. The summed E-state index contributed by atoms with van der Waals surface area (Å²) >= 11 is 1.78. The van der Waals surface area contributed by atoms with Crippen molar-refractivity contribution in [1.82, 2.24) is 20.0 Å².